The maximum absolute atomic E-state index is 9.91. The van der Waals surface area contributed by atoms with Crippen LogP contribution in [0.25, 0.3) is 0 Å². The van der Waals surface area contributed by atoms with Gasteiger partial charge in [-0.1, -0.05) is 6.92 Å². The van der Waals surface area contributed by atoms with Gasteiger partial charge in [0, 0.05) is 5.56 Å². The van der Waals surface area contributed by atoms with Crippen LogP contribution < -0.4 is 10.5 Å². The van der Waals surface area contributed by atoms with Crippen molar-refractivity contribution in [2.24, 2.45) is 5.73 Å². The smallest absolute Gasteiger partial charge is 0.126 e. The molecule has 1 aromatic carbocycles. The van der Waals surface area contributed by atoms with Crippen LogP contribution >= 0.6 is 0 Å². The first-order valence-electron chi connectivity index (χ1n) is 5.31. The van der Waals surface area contributed by atoms with Crippen molar-refractivity contribution >= 4 is 0 Å². The molecule has 0 bridgehead atoms. The van der Waals surface area contributed by atoms with E-state index < -0.39 is 12.1 Å². The van der Waals surface area contributed by atoms with E-state index >= 15 is 0 Å². The fourth-order valence-corrected chi connectivity index (χ4v) is 1.96. The molecule has 0 aliphatic carbocycles. The SMILES string of the molecule is CCC1Oc2ccc(C#N)cc2C(N)C1O. The zero-order valence-corrected chi connectivity index (χ0v) is 9.05. The third-order valence-corrected chi connectivity index (χ3v) is 2.93. The van der Waals surface area contributed by atoms with Gasteiger partial charge < -0.3 is 15.6 Å². The summed E-state index contributed by atoms with van der Waals surface area (Å²) in [7, 11) is 0. The first kappa shape index (κ1) is 10.9. The second-order valence-corrected chi connectivity index (χ2v) is 3.95. The van der Waals surface area contributed by atoms with Crippen LogP contribution in [-0.2, 0) is 0 Å². The minimum atomic E-state index is -0.716. The molecule has 0 spiro atoms. The zero-order valence-electron chi connectivity index (χ0n) is 9.05. The van der Waals surface area contributed by atoms with Crippen molar-refractivity contribution in [2.75, 3.05) is 0 Å². The number of nitrogens with two attached hydrogens (primary N) is 1. The summed E-state index contributed by atoms with van der Waals surface area (Å²) in [6.07, 6.45) is -0.282. The summed E-state index contributed by atoms with van der Waals surface area (Å²) < 4.78 is 5.62. The zero-order chi connectivity index (χ0) is 11.7. The van der Waals surface area contributed by atoms with Crippen LogP contribution in [0.15, 0.2) is 18.2 Å². The number of rotatable bonds is 1. The maximum Gasteiger partial charge on any atom is 0.126 e. The van der Waals surface area contributed by atoms with E-state index in [1.54, 1.807) is 18.2 Å². The molecule has 0 saturated carbocycles. The predicted octanol–water partition coefficient (Wildman–Crippen LogP) is 1.09. The van der Waals surface area contributed by atoms with Crippen molar-refractivity contribution < 1.29 is 9.84 Å². The van der Waals surface area contributed by atoms with E-state index in [1.807, 2.05) is 13.0 Å². The van der Waals surface area contributed by atoms with Gasteiger partial charge in [-0.25, -0.2) is 0 Å². The Hall–Kier alpha value is -1.57. The van der Waals surface area contributed by atoms with Gasteiger partial charge in [-0.2, -0.15) is 5.26 Å². The second-order valence-electron chi connectivity index (χ2n) is 3.95. The maximum atomic E-state index is 9.91. The molecule has 1 aliphatic heterocycles. The van der Waals surface area contributed by atoms with E-state index in [0.717, 1.165) is 0 Å². The lowest BCUT2D eigenvalue weighted by molar-refractivity contribution is 0.000715. The minimum absolute atomic E-state index is 0.268. The van der Waals surface area contributed by atoms with Crippen molar-refractivity contribution in [3.63, 3.8) is 0 Å². The largest absolute Gasteiger partial charge is 0.487 e. The number of ether oxygens (including phenoxy) is 1. The lowest BCUT2D eigenvalue weighted by atomic mass is 9.92. The second kappa shape index (κ2) is 4.12. The summed E-state index contributed by atoms with van der Waals surface area (Å²) in [4.78, 5) is 0. The minimum Gasteiger partial charge on any atom is -0.487 e. The molecule has 0 aromatic heterocycles. The molecule has 2 rings (SSSR count). The molecule has 3 atom stereocenters. The van der Waals surface area contributed by atoms with Gasteiger partial charge in [0.05, 0.1) is 17.7 Å². The molecule has 3 unspecified atom stereocenters. The van der Waals surface area contributed by atoms with Crippen molar-refractivity contribution in [2.45, 2.75) is 31.6 Å². The van der Waals surface area contributed by atoms with Crippen LogP contribution in [0.2, 0.25) is 0 Å². The Morgan fingerprint density at radius 2 is 2.31 bits per heavy atom. The lowest BCUT2D eigenvalue weighted by Crippen LogP contribution is -2.43. The highest BCUT2D eigenvalue weighted by Gasteiger charge is 2.33. The van der Waals surface area contributed by atoms with Crippen LogP contribution in [0.5, 0.6) is 5.75 Å². The van der Waals surface area contributed by atoms with E-state index in [-0.39, 0.29) is 6.10 Å². The Morgan fingerprint density at radius 3 is 2.94 bits per heavy atom. The van der Waals surface area contributed by atoms with E-state index in [2.05, 4.69) is 0 Å². The highest BCUT2D eigenvalue weighted by molar-refractivity contribution is 5.45. The predicted molar refractivity (Wildman–Crippen MR) is 58.8 cm³/mol. The summed E-state index contributed by atoms with van der Waals surface area (Å²) in [5.41, 5.74) is 7.17. The molecular formula is C12H14N2O2. The summed E-state index contributed by atoms with van der Waals surface area (Å²) in [5, 5.41) is 18.7. The van der Waals surface area contributed by atoms with Gasteiger partial charge in [-0.05, 0) is 24.6 Å². The summed E-state index contributed by atoms with van der Waals surface area (Å²) in [5.74, 6) is 0.670. The number of aliphatic hydroxyl groups is 1. The number of nitrogens with zero attached hydrogens (tertiary/aromatic N) is 1. The topological polar surface area (TPSA) is 79.3 Å². The fraction of sp³-hybridized carbons (Fsp3) is 0.417. The van der Waals surface area contributed by atoms with Gasteiger partial charge in [-0.15, -0.1) is 0 Å². The van der Waals surface area contributed by atoms with E-state index in [1.165, 1.54) is 0 Å². The molecule has 1 heterocycles. The van der Waals surface area contributed by atoms with Crippen molar-refractivity contribution in [3.05, 3.63) is 29.3 Å². The molecule has 0 saturated heterocycles. The van der Waals surface area contributed by atoms with Crippen LogP contribution in [0.4, 0.5) is 0 Å². The summed E-state index contributed by atoms with van der Waals surface area (Å²) in [6.45, 7) is 1.94. The number of benzene rings is 1. The fourth-order valence-electron chi connectivity index (χ4n) is 1.96. The molecule has 4 heteroatoms. The molecule has 1 aromatic rings. The molecule has 4 nitrogen and oxygen atoms in total. The normalized spacial score (nSPS) is 27.8. The van der Waals surface area contributed by atoms with Crippen molar-refractivity contribution in [1.82, 2.24) is 0 Å². The highest BCUT2D eigenvalue weighted by Crippen LogP contribution is 2.34. The Kier molecular flexibility index (Phi) is 2.82. The highest BCUT2D eigenvalue weighted by atomic mass is 16.5. The molecule has 84 valence electrons. The number of aliphatic hydroxyl groups excluding tert-OH is 1. The standard InChI is InChI=1S/C12H14N2O2/c1-2-9-12(15)11(14)8-5-7(6-13)3-4-10(8)16-9/h3-5,9,11-12,15H,2,14H2,1H3. The van der Waals surface area contributed by atoms with E-state index in [9.17, 15) is 5.11 Å². The Morgan fingerprint density at radius 1 is 1.56 bits per heavy atom. The number of hydrogen-bond donors (Lipinski definition) is 2. The summed E-state index contributed by atoms with van der Waals surface area (Å²) >= 11 is 0. The Balaban J connectivity index is 2.43. The van der Waals surface area contributed by atoms with E-state index in [4.69, 9.17) is 15.7 Å². The van der Waals surface area contributed by atoms with Crippen LogP contribution in [0.1, 0.15) is 30.5 Å². The molecule has 16 heavy (non-hydrogen) atoms. The van der Waals surface area contributed by atoms with Crippen molar-refractivity contribution in [1.29, 1.82) is 5.26 Å². The first-order valence-corrected chi connectivity index (χ1v) is 5.31. The molecule has 1 aliphatic rings. The van der Waals surface area contributed by atoms with Gasteiger partial charge in [-0.3, -0.25) is 0 Å². The van der Waals surface area contributed by atoms with Gasteiger partial charge in [0.15, 0.2) is 0 Å². The average molecular weight is 218 g/mol. The van der Waals surface area contributed by atoms with Gasteiger partial charge in [0.2, 0.25) is 0 Å². The van der Waals surface area contributed by atoms with Crippen LogP contribution in [0, 0.1) is 11.3 Å². The third kappa shape index (κ3) is 1.64. The number of hydrogen-bond acceptors (Lipinski definition) is 4. The average Bonchev–Trinajstić information content (AvgIpc) is 2.33. The van der Waals surface area contributed by atoms with Gasteiger partial charge in [0.1, 0.15) is 18.0 Å². The Labute approximate surface area is 94.3 Å². The molecule has 0 radical (unpaired) electrons. The van der Waals surface area contributed by atoms with Gasteiger partial charge in [0.25, 0.3) is 0 Å². The van der Waals surface area contributed by atoms with Crippen LogP contribution in [0.3, 0.4) is 0 Å². The number of nitriles is 1. The monoisotopic (exact) mass is 218 g/mol. The molecular weight excluding hydrogens is 204 g/mol. The number of fused-ring (bicyclic) bond motifs is 1. The van der Waals surface area contributed by atoms with Crippen molar-refractivity contribution in [3.8, 4) is 11.8 Å². The lowest BCUT2D eigenvalue weighted by Gasteiger charge is -2.34. The van der Waals surface area contributed by atoms with E-state index in [0.29, 0.717) is 23.3 Å². The summed E-state index contributed by atoms with van der Waals surface area (Å²) in [6, 6.07) is 6.67. The van der Waals surface area contributed by atoms with Gasteiger partial charge >= 0.3 is 0 Å². The quantitative estimate of drug-likeness (QED) is 0.739. The first-order chi connectivity index (χ1) is 7.67. The van der Waals surface area contributed by atoms with Crippen LogP contribution in [-0.4, -0.2) is 17.3 Å². The third-order valence-electron chi connectivity index (χ3n) is 2.93. The molecule has 0 amide bonds. The molecule has 3 N–H and O–H groups in total. The Bertz CT molecular complexity index is 439. The molecule has 0 fully saturated rings.